The standard InChI is InChI=1S/C24H25N7O2.C3H8/c1-4-26-24(25)16-6-5-7-18(23(16)33-3)30-19-11-21(31-20-10-14(2)28-13-29-20)27-12-17(19)22(32)15-8-9-15;1-3-2/h4-7,10-13,15,25H,8-9H2,1-3H3,(H2,27,28,29,30,31);3H2,1-2H3. The summed E-state index contributed by atoms with van der Waals surface area (Å²) < 4.78 is 5.61. The van der Waals surface area contributed by atoms with Crippen LogP contribution in [0.2, 0.25) is 0 Å². The van der Waals surface area contributed by atoms with Crippen LogP contribution in [0, 0.1) is 18.3 Å². The molecule has 0 bridgehead atoms. The lowest BCUT2D eigenvalue weighted by atomic mass is 10.1. The third-order valence-electron chi connectivity index (χ3n) is 5.18. The van der Waals surface area contributed by atoms with E-state index >= 15 is 0 Å². The summed E-state index contributed by atoms with van der Waals surface area (Å²) in [5.41, 5.74) is 3.09. The predicted molar refractivity (Wildman–Crippen MR) is 145 cm³/mol. The van der Waals surface area contributed by atoms with Crippen LogP contribution in [0.1, 0.15) is 61.6 Å². The van der Waals surface area contributed by atoms with Crippen molar-refractivity contribution in [2.75, 3.05) is 17.7 Å². The molecule has 0 saturated heterocycles. The Hall–Kier alpha value is -4.14. The van der Waals surface area contributed by atoms with Crippen LogP contribution >= 0.6 is 0 Å². The minimum Gasteiger partial charge on any atom is -0.494 e. The molecule has 188 valence electrons. The second-order valence-electron chi connectivity index (χ2n) is 8.38. The zero-order valence-corrected chi connectivity index (χ0v) is 21.4. The van der Waals surface area contributed by atoms with Gasteiger partial charge in [0.05, 0.1) is 29.6 Å². The molecule has 4 rings (SSSR count). The first-order valence-electron chi connectivity index (χ1n) is 12.0. The Morgan fingerprint density at radius 3 is 2.47 bits per heavy atom. The van der Waals surface area contributed by atoms with Crippen molar-refractivity contribution in [3.63, 3.8) is 0 Å². The van der Waals surface area contributed by atoms with Gasteiger partial charge in [0.15, 0.2) is 17.4 Å². The van der Waals surface area contributed by atoms with Gasteiger partial charge >= 0.3 is 0 Å². The molecule has 1 aliphatic carbocycles. The Morgan fingerprint density at radius 2 is 1.83 bits per heavy atom. The first-order chi connectivity index (χ1) is 17.4. The zero-order chi connectivity index (χ0) is 26.1. The summed E-state index contributed by atoms with van der Waals surface area (Å²) in [7, 11) is 1.54. The molecule has 36 heavy (non-hydrogen) atoms. The summed E-state index contributed by atoms with van der Waals surface area (Å²) >= 11 is 0. The van der Waals surface area contributed by atoms with Crippen molar-refractivity contribution in [1.82, 2.24) is 15.0 Å². The zero-order valence-electron chi connectivity index (χ0n) is 21.4. The van der Waals surface area contributed by atoms with Gasteiger partial charge in [-0.15, -0.1) is 0 Å². The SMILES string of the molecule is CC=NC(=N)c1cccc(Nc2cc(Nc3cc(C)ncn3)ncc2C(=O)C2CC2)c1OC.CCC. The van der Waals surface area contributed by atoms with E-state index in [9.17, 15) is 4.79 Å². The number of nitrogens with zero attached hydrogens (tertiary/aromatic N) is 4. The fourth-order valence-corrected chi connectivity index (χ4v) is 3.43. The van der Waals surface area contributed by atoms with Crippen molar-refractivity contribution in [2.45, 2.75) is 47.0 Å². The highest BCUT2D eigenvalue weighted by molar-refractivity contribution is 6.06. The number of pyridine rings is 1. The molecule has 1 fully saturated rings. The maximum atomic E-state index is 12.9. The van der Waals surface area contributed by atoms with Gasteiger partial charge in [-0.1, -0.05) is 26.3 Å². The fourth-order valence-electron chi connectivity index (χ4n) is 3.43. The van der Waals surface area contributed by atoms with Crippen molar-refractivity contribution < 1.29 is 9.53 Å². The second-order valence-corrected chi connectivity index (χ2v) is 8.38. The van der Waals surface area contributed by atoms with Crippen LogP contribution in [0.4, 0.5) is 23.0 Å². The largest absolute Gasteiger partial charge is 0.494 e. The first-order valence-corrected chi connectivity index (χ1v) is 12.0. The van der Waals surface area contributed by atoms with Gasteiger partial charge in [0, 0.05) is 36.2 Å². The first kappa shape index (κ1) is 26.5. The van der Waals surface area contributed by atoms with Gasteiger partial charge in [0.25, 0.3) is 0 Å². The highest BCUT2D eigenvalue weighted by atomic mass is 16.5. The normalized spacial score (nSPS) is 12.5. The second kappa shape index (κ2) is 12.5. The van der Waals surface area contributed by atoms with E-state index < -0.39 is 0 Å². The number of hydrogen-bond donors (Lipinski definition) is 3. The highest BCUT2D eigenvalue weighted by Crippen LogP contribution is 2.38. The van der Waals surface area contributed by atoms with Crippen molar-refractivity contribution in [3.8, 4) is 5.75 Å². The van der Waals surface area contributed by atoms with Gasteiger partial charge in [-0.25, -0.2) is 19.9 Å². The third-order valence-corrected chi connectivity index (χ3v) is 5.18. The average molecular weight is 488 g/mol. The van der Waals surface area contributed by atoms with Crippen LogP contribution in [-0.4, -0.2) is 39.9 Å². The van der Waals surface area contributed by atoms with Crippen molar-refractivity contribution in [3.05, 3.63) is 59.7 Å². The molecule has 0 atom stereocenters. The van der Waals surface area contributed by atoms with Gasteiger partial charge in [-0.2, -0.15) is 0 Å². The molecule has 3 aromatic rings. The topological polar surface area (TPSA) is 125 Å². The minimum absolute atomic E-state index is 0.0379. The lowest BCUT2D eigenvalue weighted by molar-refractivity contribution is 0.0968. The molecule has 0 spiro atoms. The van der Waals surface area contributed by atoms with Crippen LogP contribution in [0.25, 0.3) is 0 Å². The summed E-state index contributed by atoms with van der Waals surface area (Å²) in [4.78, 5) is 29.8. The molecule has 2 heterocycles. The number of ether oxygens (including phenoxy) is 1. The number of para-hydroxylation sites is 1. The van der Waals surface area contributed by atoms with Crippen LogP contribution in [0.15, 0.2) is 47.8 Å². The summed E-state index contributed by atoms with van der Waals surface area (Å²) in [6, 6.07) is 9.00. The number of aliphatic imine (C=N–C) groups is 1. The number of anilines is 4. The van der Waals surface area contributed by atoms with E-state index in [0.717, 1.165) is 18.5 Å². The molecular formula is C27H33N7O2. The number of aromatic nitrogens is 3. The number of nitrogens with one attached hydrogen (secondary N) is 3. The van der Waals surface area contributed by atoms with E-state index in [0.29, 0.717) is 39.9 Å². The Morgan fingerprint density at radius 1 is 1.11 bits per heavy atom. The summed E-state index contributed by atoms with van der Waals surface area (Å²) in [6.45, 7) is 7.88. The van der Waals surface area contributed by atoms with E-state index in [2.05, 4.69) is 44.4 Å². The Balaban J connectivity index is 0.00000115. The maximum Gasteiger partial charge on any atom is 0.169 e. The lowest BCUT2D eigenvalue weighted by Crippen LogP contribution is -2.09. The van der Waals surface area contributed by atoms with Crippen molar-refractivity contribution >= 4 is 40.8 Å². The molecule has 0 radical (unpaired) electrons. The molecule has 2 aromatic heterocycles. The average Bonchev–Trinajstić information content (AvgIpc) is 3.70. The molecule has 1 saturated carbocycles. The Kier molecular flexibility index (Phi) is 9.21. The molecule has 0 unspecified atom stereocenters. The number of ketones is 1. The van der Waals surface area contributed by atoms with Gasteiger partial charge in [-0.3, -0.25) is 10.2 Å². The summed E-state index contributed by atoms with van der Waals surface area (Å²) in [6.07, 6.45) is 7.65. The van der Waals surface area contributed by atoms with Crippen LogP contribution in [-0.2, 0) is 0 Å². The van der Waals surface area contributed by atoms with E-state index in [1.807, 2.05) is 25.1 Å². The van der Waals surface area contributed by atoms with Gasteiger partial charge in [0.1, 0.15) is 18.0 Å². The van der Waals surface area contributed by atoms with E-state index in [-0.39, 0.29) is 17.5 Å². The molecule has 3 N–H and O–H groups in total. The number of benzene rings is 1. The van der Waals surface area contributed by atoms with Crippen LogP contribution < -0.4 is 15.4 Å². The number of rotatable bonds is 8. The van der Waals surface area contributed by atoms with Gasteiger partial charge in [-0.05, 0) is 38.8 Å². The van der Waals surface area contributed by atoms with Crippen LogP contribution in [0.5, 0.6) is 5.75 Å². The number of Topliss-reactive ketones (excluding diaryl/α,β-unsaturated/α-hetero) is 1. The third kappa shape index (κ3) is 6.71. The molecule has 0 aliphatic heterocycles. The number of carbonyl (C=O) groups is 1. The van der Waals surface area contributed by atoms with Crippen LogP contribution in [0.3, 0.4) is 0 Å². The minimum atomic E-state index is 0.0379. The smallest absolute Gasteiger partial charge is 0.169 e. The number of hydrogen-bond acceptors (Lipinski definition) is 8. The monoisotopic (exact) mass is 487 g/mol. The summed E-state index contributed by atoms with van der Waals surface area (Å²) in [5, 5.41) is 14.7. The highest BCUT2D eigenvalue weighted by Gasteiger charge is 2.32. The Bertz CT molecular complexity index is 1250. The van der Waals surface area contributed by atoms with E-state index in [1.54, 1.807) is 38.6 Å². The number of methoxy groups -OCH3 is 1. The molecule has 0 amide bonds. The van der Waals surface area contributed by atoms with Crippen molar-refractivity contribution in [1.29, 1.82) is 5.41 Å². The molecular weight excluding hydrogens is 454 g/mol. The maximum absolute atomic E-state index is 12.9. The quantitative estimate of drug-likeness (QED) is 0.199. The summed E-state index contributed by atoms with van der Waals surface area (Å²) in [5.74, 6) is 1.79. The van der Waals surface area contributed by atoms with Gasteiger partial charge in [0.2, 0.25) is 0 Å². The number of carbonyl (C=O) groups excluding carboxylic acids is 1. The van der Waals surface area contributed by atoms with Crippen molar-refractivity contribution in [2.24, 2.45) is 10.9 Å². The van der Waals surface area contributed by atoms with E-state index in [4.69, 9.17) is 10.1 Å². The number of aryl methyl sites for hydroxylation is 1. The molecule has 1 aromatic carbocycles. The molecule has 9 heteroatoms. The fraction of sp³-hybridized carbons (Fsp3) is 0.333. The molecule has 1 aliphatic rings. The van der Waals surface area contributed by atoms with Gasteiger partial charge < -0.3 is 15.4 Å². The lowest BCUT2D eigenvalue weighted by Gasteiger charge is -2.17. The van der Waals surface area contributed by atoms with E-state index in [1.165, 1.54) is 12.7 Å². The predicted octanol–water partition coefficient (Wildman–Crippen LogP) is 6.10. The molecule has 9 nitrogen and oxygen atoms in total. The number of amidine groups is 1. The Labute approximate surface area is 212 Å².